The Hall–Kier alpha value is -4.63. The number of fused-ring (bicyclic) bond motifs is 1. The molecule has 0 bridgehead atoms. The molecule has 9 heteroatoms. The van der Waals surface area contributed by atoms with Crippen LogP contribution in [0.15, 0.2) is 79.0 Å². The van der Waals surface area contributed by atoms with Gasteiger partial charge in [0.15, 0.2) is 0 Å². The summed E-state index contributed by atoms with van der Waals surface area (Å²) in [5.74, 6) is -4.04. The lowest BCUT2D eigenvalue weighted by molar-refractivity contribution is -0.150. The number of hydrogen-bond donors (Lipinski definition) is 4. The number of nitrogens with one attached hydrogen (secondary N) is 3. The van der Waals surface area contributed by atoms with Crippen molar-refractivity contribution in [2.45, 2.75) is 38.7 Å². The smallest absolute Gasteiger partial charge is 0.235 e. The molecule has 4 aromatic rings. The fourth-order valence-corrected chi connectivity index (χ4v) is 5.96. The quantitative estimate of drug-likeness (QED) is 0.203. The highest BCUT2D eigenvalue weighted by Gasteiger charge is 2.56. The molecule has 1 aliphatic carbocycles. The molecule has 42 heavy (non-hydrogen) atoms. The van der Waals surface area contributed by atoms with Gasteiger partial charge in [0.1, 0.15) is 23.2 Å². The van der Waals surface area contributed by atoms with E-state index < -0.39 is 41.0 Å². The molecule has 1 aromatic heterocycles. The summed E-state index contributed by atoms with van der Waals surface area (Å²) in [6.45, 7) is 5.94. The molecule has 5 rings (SSSR count). The third-order valence-electron chi connectivity index (χ3n) is 7.70. The molecule has 3 aromatic carbocycles. The molecular weight excluding hydrogens is 534 g/mol. The Balaban J connectivity index is 1.60. The van der Waals surface area contributed by atoms with Crippen molar-refractivity contribution in [1.29, 1.82) is 0 Å². The number of carbonyl (C=O) groups excluding carboxylic acids is 3. The van der Waals surface area contributed by atoms with E-state index in [0.29, 0.717) is 41.7 Å². The first kappa shape index (κ1) is 28.9. The molecule has 1 fully saturated rings. The van der Waals surface area contributed by atoms with Crippen LogP contribution in [0.4, 0.5) is 11.4 Å². The molecule has 0 aliphatic heterocycles. The number of para-hydroxylation sites is 5. The third kappa shape index (κ3) is 5.60. The Kier molecular flexibility index (Phi) is 8.31. The Morgan fingerprint density at radius 2 is 1.43 bits per heavy atom. The number of Topliss-reactive ketones (excluding diaryl/α,β-unsaturated/α-hetero) is 1. The largest absolute Gasteiger partial charge is 0.492 e. The van der Waals surface area contributed by atoms with E-state index in [4.69, 9.17) is 9.47 Å². The molecule has 1 heterocycles. The van der Waals surface area contributed by atoms with E-state index in [-0.39, 0.29) is 6.42 Å². The minimum absolute atomic E-state index is 0.373. The van der Waals surface area contributed by atoms with Crippen molar-refractivity contribution in [2.24, 2.45) is 11.8 Å². The van der Waals surface area contributed by atoms with Gasteiger partial charge in [0.25, 0.3) is 0 Å². The van der Waals surface area contributed by atoms with Crippen LogP contribution in [0, 0.1) is 11.8 Å². The molecular formula is C33H35N3O6. The molecule has 4 unspecified atom stereocenters. The molecule has 4 N–H and O–H groups in total. The number of rotatable bonds is 9. The number of ketones is 1. The van der Waals surface area contributed by atoms with Crippen LogP contribution in [-0.2, 0) is 14.4 Å². The zero-order valence-electron chi connectivity index (χ0n) is 23.8. The lowest BCUT2D eigenvalue weighted by atomic mass is 9.61. The van der Waals surface area contributed by atoms with Crippen LogP contribution >= 0.6 is 0 Å². The van der Waals surface area contributed by atoms with Gasteiger partial charge in [-0.25, -0.2) is 0 Å². The van der Waals surface area contributed by atoms with Gasteiger partial charge in [-0.1, -0.05) is 42.5 Å². The van der Waals surface area contributed by atoms with Crippen LogP contribution in [0.5, 0.6) is 11.5 Å². The normalized spacial score (nSPS) is 22.0. The standard InChI is InChI=1S/C33H35N3O6/c1-4-41-26-16-10-8-14-23(26)35-31(38)29-25(37)18-33(3,40)30(28(29)21-19-34-22-13-7-6-12-20(21)22)32(39)36-24-15-9-11-17-27(24)42-5-2/h6-17,19,28-30,34,40H,4-5,18H2,1-3H3,(H,35,38)(H,36,39). The van der Waals surface area contributed by atoms with Gasteiger partial charge in [-0.15, -0.1) is 0 Å². The lowest BCUT2D eigenvalue weighted by Crippen LogP contribution is -2.56. The number of aromatic nitrogens is 1. The number of hydrogen-bond acceptors (Lipinski definition) is 6. The summed E-state index contributed by atoms with van der Waals surface area (Å²) in [5, 5.41) is 18.2. The molecule has 9 nitrogen and oxygen atoms in total. The molecule has 2 amide bonds. The SMILES string of the molecule is CCOc1ccccc1NC(=O)C1C(=O)CC(C)(O)C(C(=O)Nc2ccccc2OCC)C1c1c[nH]c2ccccc12. The Labute approximate surface area is 244 Å². The zero-order chi connectivity index (χ0) is 29.9. The van der Waals surface area contributed by atoms with Crippen LogP contribution in [0.1, 0.15) is 38.7 Å². The number of aromatic amines is 1. The van der Waals surface area contributed by atoms with Crippen molar-refractivity contribution in [3.63, 3.8) is 0 Å². The highest BCUT2D eigenvalue weighted by molar-refractivity contribution is 6.11. The minimum atomic E-state index is -1.75. The second-order valence-electron chi connectivity index (χ2n) is 10.6. The predicted molar refractivity (Wildman–Crippen MR) is 161 cm³/mol. The average Bonchev–Trinajstić information content (AvgIpc) is 3.38. The zero-order valence-corrected chi connectivity index (χ0v) is 23.8. The summed E-state index contributed by atoms with van der Waals surface area (Å²) in [6, 6.07) is 21.5. The van der Waals surface area contributed by atoms with Gasteiger partial charge in [0, 0.05) is 29.4 Å². The lowest BCUT2D eigenvalue weighted by Gasteiger charge is -2.44. The van der Waals surface area contributed by atoms with Crippen molar-refractivity contribution in [2.75, 3.05) is 23.8 Å². The monoisotopic (exact) mass is 569 g/mol. The van der Waals surface area contributed by atoms with Gasteiger partial charge >= 0.3 is 0 Å². The van der Waals surface area contributed by atoms with Crippen LogP contribution in [0.2, 0.25) is 0 Å². The Morgan fingerprint density at radius 3 is 2.05 bits per heavy atom. The van der Waals surface area contributed by atoms with E-state index in [1.165, 1.54) is 6.92 Å². The summed E-state index contributed by atoms with van der Waals surface area (Å²) in [5.41, 5.74) is 0.479. The molecule has 1 saturated carbocycles. The van der Waals surface area contributed by atoms with Crippen molar-refractivity contribution >= 4 is 39.9 Å². The maximum atomic E-state index is 14.2. The first-order chi connectivity index (χ1) is 20.2. The van der Waals surface area contributed by atoms with E-state index in [2.05, 4.69) is 15.6 Å². The number of aliphatic hydroxyl groups is 1. The van der Waals surface area contributed by atoms with E-state index in [9.17, 15) is 19.5 Å². The number of H-pyrrole nitrogens is 1. The third-order valence-corrected chi connectivity index (χ3v) is 7.70. The predicted octanol–water partition coefficient (Wildman–Crippen LogP) is 5.28. The Bertz CT molecular complexity index is 1610. The van der Waals surface area contributed by atoms with E-state index in [1.807, 2.05) is 38.1 Å². The molecule has 218 valence electrons. The van der Waals surface area contributed by atoms with Gasteiger partial charge in [-0.3, -0.25) is 14.4 Å². The van der Waals surface area contributed by atoms with Gasteiger partial charge in [0.2, 0.25) is 11.8 Å². The van der Waals surface area contributed by atoms with E-state index >= 15 is 0 Å². The van der Waals surface area contributed by atoms with Crippen LogP contribution in [-0.4, -0.2) is 46.5 Å². The van der Waals surface area contributed by atoms with Crippen molar-refractivity contribution < 1.29 is 29.0 Å². The highest BCUT2D eigenvalue weighted by atomic mass is 16.5. The second-order valence-corrected chi connectivity index (χ2v) is 10.6. The summed E-state index contributed by atoms with van der Waals surface area (Å²) < 4.78 is 11.4. The van der Waals surface area contributed by atoms with Gasteiger partial charge in [-0.05, 0) is 56.7 Å². The molecule has 4 atom stereocenters. The minimum Gasteiger partial charge on any atom is -0.492 e. The van der Waals surface area contributed by atoms with Crippen molar-refractivity contribution in [3.8, 4) is 11.5 Å². The molecule has 0 saturated heterocycles. The topological polar surface area (TPSA) is 130 Å². The number of ether oxygens (including phenoxy) is 2. The van der Waals surface area contributed by atoms with Crippen molar-refractivity contribution in [1.82, 2.24) is 4.98 Å². The maximum Gasteiger partial charge on any atom is 0.235 e. The summed E-state index contributed by atoms with van der Waals surface area (Å²) in [4.78, 5) is 45.1. The first-order valence-corrected chi connectivity index (χ1v) is 14.1. The summed E-state index contributed by atoms with van der Waals surface area (Å²) >= 11 is 0. The van der Waals surface area contributed by atoms with Crippen molar-refractivity contribution in [3.05, 3.63) is 84.6 Å². The fourth-order valence-electron chi connectivity index (χ4n) is 5.96. The van der Waals surface area contributed by atoms with Crippen LogP contribution in [0.3, 0.4) is 0 Å². The summed E-state index contributed by atoms with van der Waals surface area (Å²) in [6.07, 6.45) is 1.34. The molecule has 1 aliphatic rings. The first-order valence-electron chi connectivity index (χ1n) is 14.1. The van der Waals surface area contributed by atoms with Crippen LogP contribution in [0.25, 0.3) is 10.9 Å². The second kappa shape index (κ2) is 12.1. The van der Waals surface area contributed by atoms with Gasteiger partial charge in [-0.2, -0.15) is 0 Å². The summed E-state index contributed by atoms with van der Waals surface area (Å²) in [7, 11) is 0. The highest BCUT2D eigenvalue weighted by Crippen LogP contribution is 2.48. The number of carbonyl (C=O) groups is 3. The van der Waals surface area contributed by atoms with E-state index in [1.54, 1.807) is 54.7 Å². The average molecular weight is 570 g/mol. The Morgan fingerprint density at radius 1 is 0.881 bits per heavy atom. The maximum absolute atomic E-state index is 14.2. The van der Waals surface area contributed by atoms with Gasteiger partial charge < -0.3 is 30.2 Å². The number of anilines is 2. The van der Waals surface area contributed by atoms with E-state index in [0.717, 1.165) is 10.9 Å². The fraction of sp³-hybridized carbons (Fsp3) is 0.303. The molecule has 0 radical (unpaired) electrons. The number of amides is 2. The molecule has 0 spiro atoms. The van der Waals surface area contributed by atoms with Crippen LogP contribution < -0.4 is 20.1 Å². The van der Waals surface area contributed by atoms with Gasteiger partial charge in [0.05, 0.1) is 36.1 Å². The number of benzene rings is 3.